The van der Waals surface area contributed by atoms with Crippen LogP contribution in [0.2, 0.25) is 0 Å². The first kappa shape index (κ1) is 18.7. The highest BCUT2D eigenvalue weighted by atomic mass is 16.5. The number of aryl methyl sites for hydroxylation is 1. The Morgan fingerprint density at radius 1 is 0.864 bits per heavy atom. The summed E-state index contributed by atoms with van der Waals surface area (Å²) >= 11 is 0. The third-order valence-corrected chi connectivity index (χ3v) is 3.95. The maximum absolute atomic E-state index is 11.6. The van der Waals surface area contributed by atoms with Crippen LogP contribution in [0.5, 0.6) is 0 Å². The number of carbonyl (C=O) groups excluding carboxylic acids is 1. The first-order chi connectivity index (χ1) is 10.8. The van der Waals surface area contributed by atoms with Crippen molar-refractivity contribution < 1.29 is 9.53 Å². The Bertz CT molecular complexity index is 373. The predicted molar refractivity (Wildman–Crippen MR) is 92.9 cm³/mol. The topological polar surface area (TPSA) is 26.3 Å². The second kappa shape index (κ2) is 13.4. The molecule has 0 fully saturated rings. The molecular weight excluding hydrogens is 272 g/mol. The van der Waals surface area contributed by atoms with Crippen molar-refractivity contribution >= 4 is 5.97 Å². The molecule has 0 atom stereocenters. The average Bonchev–Trinajstić information content (AvgIpc) is 2.54. The van der Waals surface area contributed by atoms with Gasteiger partial charge in [0.1, 0.15) is 0 Å². The number of hydrogen-bond acceptors (Lipinski definition) is 2. The van der Waals surface area contributed by atoms with Gasteiger partial charge in [0.25, 0.3) is 0 Å². The number of carbonyl (C=O) groups is 1. The van der Waals surface area contributed by atoms with E-state index in [4.69, 9.17) is 4.74 Å². The molecule has 2 heteroatoms. The van der Waals surface area contributed by atoms with Gasteiger partial charge in [-0.05, 0) is 24.8 Å². The predicted octanol–water partition coefficient (Wildman–Crippen LogP) is 5.69. The summed E-state index contributed by atoms with van der Waals surface area (Å²) in [7, 11) is 0. The van der Waals surface area contributed by atoms with Crippen LogP contribution in [0.4, 0.5) is 0 Å². The van der Waals surface area contributed by atoms with Crippen LogP contribution in [0.15, 0.2) is 30.3 Å². The molecule has 0 aliphatic heterocycles. The summed E-state index contributed by atoms with van der Waals surface area (Å²) in [6.07, 6.45) is 12.5. The second-order valence-corrected chi connectivity index (χ2v) is 6.03. The maximum atomic E-state index is 11.6. The molecule has 0 saturated heterocycles. The van der Waals surface area contributed by atoms with Gasteiger partial charge >= 0.3 is 5.97 Å². The van der Waals surface area contributed by atoms with Gasteiger partial charge in [0.15, 0.2) is 0 Å². The van der Waals surface area contributed by atoms with Crippen LogP contribution in [0.1, 0.15) is 76.7 Å². The van der Waals surface area contributed by atoms with Crippen molar-refractivity contribution in [2.45, 2.75) is 77.6 Å². The minimum atomic E-state index is -0.0427. The first-order valence-electron chi connectivity index (χ1n) is 9.02. The van der Waals surface area contributed by atoms with E-state index in [1.807, 2.05) is 18.2 Å². The van der Waals surface area contributed by atoms with Gasteiger partial charge in [0.05, 0.1) is 6.61 Å². The molecule has 1 aromatic rings. The molecule has 0 N–H and O–H groups in total. The lowest BCUT2D eigenvalue weighted by atomic mass is 10.1. The van der Waals surface area contributed by atoms with Crippen LogP contribution >= 0.6 is 0 Å². The van der Waals surface area contributed by atoms with Gasteiger partial charge in [0, 0.05) is 6.42 Å². The van der Waals surface area contributed by atoms with E-state index in [1.165, 1.54) is 50.5 Å². The van der Waals surface area contributed by atoms with E-state index in [-0.39, 0.29) is 5.97 Å². The zero-order chi connectivity index (χ0) is 15.9. The Balaban J connectivity index is 1.87. The number of benzene rings is 1. The van der Waals surface area contributed by atoms with Crippen LogP contribution < -0.4 is 0 Å². The van der Waals surface area contributed by atoms with E-state index >= 15 is 0 Å². The molecule has 124 valence electrons. The van der Waals surface area contributed by atoms with Gasteiger partial charge < -0.3 is 4.74 Å². The van der Waals surface area contributed by atoms with Crippen molar-refractivity contribution in [1.29, 1.82) is 0 Å². The zero-order valence-electron chi connectivity index (χ0n) is 14.2. The fourth-order valence-electron chi connectivity index (χ4n) is 2.58. The Morgan fingerprint density at radius 3 is 2.18 bits per heavy atom. The molecule has 1 rings (SSSR count). The van der Waals surface area contributed by atoms with E-state index in [9.17, 15) is 4.79 Å². The van der Waals surface area contributed by atoms with Crippen LogP contribution in [-0.2, 0) is 16.0 Å². The SMILES string of the molecule is CCCCCCCCCCOC(=O)CCCc1ccccc1. The normalized spacial score (nSPS) is 10.6. The van der Waals surface area contributed by atoms with Crippen molar-refractivity contribution in [3.8, 4) is 0 Å². The molecule has 0 radical (unpaired) electrons. The summed E-state index contributed by atoms with van der Waals surface area (Å²) in [5, 5.41) is 0. The molecular formula is C20H32O2. The lowest BCUT2D eigenvalue weighted by molar-refractivity contribution is -0.143. The highest BCUT2D eigenvalue weighted by Gasteiger charge is 2.02. The first-order valence-corrected chi connectivity index (χ1v) is 9.02. The Labute approximate surface area is 136 Å². The largest absolute Gasteiger partial charge is 0.466 e. The number of hydrogen-bond donors (Lipinski definition) is 0. The number of ether oxygens (including phenoxy) is 1. The summed E-state index contributed by atoms with van der Waals surface area (Å²) in [5.74, 6) is -0.0427. The summed E-state index contributed by atoms with van der Waals surface area (Å²) < 4.78 is 5.29. The summed E-state index contributed by atoms with van der Waals surface area (Å²) in [6.45, 7) is 2.84. The number of rotatable bonds is 13. The van der Waals surface area contributed by atoms with Gasteiger partial charge in [-0.2, -0.15) is 0 Å². The van der Waals surface area contributed by atoms with E-state index < -0.39 is 0 Å². The molecule has 1 aromatic carbocycles. The zero-order valence-corrected chi connectivity index (χ0v) is 14.2. The molecule has 2 nitrogen and oxygen atoms in total. The minimum absolute atomic E-state index is 0.0427. The van der Waals surface area contributed by atoms with Crippen molar-refractivity contribution in [2.24, 2.45) is 0 Å². The lowest BCUT2D eigenvalue weighted by Gasteiger charge is -2.05. The molecule has 0 aliphatic carbocycles. The van der Waals surface area contributed by atoms with E-state index in [2.05, 4.69) is 19.1 Å². The highest BCUT2D eigenvalue weighted by Crippen LogP contribution is 2.09. The van der Waals surface area contributed by atoms with Gasteiger partial charge in [0.2, 0.25) is 0 Å². The molecule has 0 aromatic heterocycles. The third-order valence-electron chi connectivity index (χ3n) is 3.95. The number of unbranched alkanes of at least 4 members (excludes halogenated alkanes) is 7. The third kappa shape index (κ3) is 10.4. The van der Waals surface area contributed by atoms with Crippen molar-refractivity contribution in [1.82, 2.24) is 0 Å². The average molecular weight is 304 g/mol. The van der Waals surface area contributed by atoms with Gasteiger partial charge in [-0.3, -0.25) is 4.79 Å². The molecule has 22 heavy (non-hydrogen) atoms. The molecule has 0 spiro atoms. The van der Waals surface area contributed by atoms with Gasteiger partial charge in [-0.1, -0.05) is 82.2 Å². The maximum Gasteiger partial charge on any atom is 0.305 e. The molecule has 0 saturated carbocycles. The quantitative estimate of drug-likeness (QED) is 0.345. The molecule has 0 amide bonds. The number of esters is 1. The second-order valence-electron chi connectivity index (χ2n) is 6.03. The van der Waals surface area contributed by atoms with Crippen LogP contribution in [-0.4, -0.2) is 12.6 Å². The molecule has 0 heterocycles. The Morgan fingerprint density at radius 2 is 1.50 bits per heavy atom. The van der Waals surface area contributed by atoms with Crippen molar-refractivity contribution in [3.63, 3.8) is 0 Å². The fraction of sp³-hybridized carbons (Fsp3) is 0.650. The van der Waals surface area contributed by atoms with Crippen LogP contribution in [0.3, 0.4) is 0 Å². The molecule has 0 bridgehead atoms. The van der Waals surface area contributed by atoms with Gasteiger partial charge in [-0.15, -0.1) is 0 Å². The highest BCUT2D eigenvalue weighted by molar-refractivity contribution is 5.69. The standard InChI is InChI=1S/C20H32O2/c1-2-3-4-5-6-7-8-12-18-22-20(21)17-13-16-19-14-10-9-11-15-19/h9-11,14-15H,2-8,12-13,16-18H2,1H3. The van der Waals surface area contributed by atoms with E-state index in [1.54, 1.807) is 0 Å². The van der Waals surface area contributed by atoms with Crippen molar-refractivity contribution in [3.05, 3.63) is 35.9 Å². The lowest BCUT2D eigenvalue weighted by Crippen LogP contribution is -2.06. The monoisotopic (exact) mass is 304 g/mol. The fourth-order valence-corrected chi connectivity index (χ4v) is 2.58. The minimum Gasteiger partial charge on any atom is -0.466 e. The smallest absolute Gasteiger partial charge is 0.305 e. The van der Waals surface area contributed by atoms with E-state index in [0.29, 0.717) is 13.0 Å². The molecule has 0 aliphatic rings. The van der Waals surface area contributed by atoms with Crippen molar-refractivity contribution in [2.75, 3.05) is 6.61 Å². The van der Waals surface area contributed by atoms with E-state index in [0.717, 1.165) is 19.3 Å². The Hall–Kier alpha value is -1.31. The van der Waals surface area contributed by atoms with Crippen LogP contribution in [0.25, 0.3) is 0 Å². The van der Waals surface area contributed by atoms with Crippen LogP contribution in [0, 0.1) is 0 Å². The summed E-state index contributed by atoms with van der Waals surface area (Å²) in [5.41, 5.74) is 1.29. The molecule has 0 unspecified atom stereocenters. The summed E-state index contributed by atoms with van der Waals surface area (Å²) in [6, 6.07) is 10.3. The van der Waals surface area contributed by atoms with Gasteiger partial charge in [-0.25, -0.2) is 0 Å². The Kier molecular flexibility index (Phi) is 11.4. The summed E-state index contributed by atoms with van der Waals surface area (Å²) in [4.78, 5) is 11.6.